The molecular weight excluding hydrogens is 250 g/mol. The van der Waals surface area contributed by atoms with Crippen molar-refractivity contribution in [2.24, 2.45) is 0 Å². The van der Waals surface area contributed by atoms with Crippen LogP contribution in [0.25, 0.3) is 21.8 Å². The maximum Gasteiger partial charge on any atom is 0.305 e. The average molecular weight is 267 g/mol. The fourth-order valence-electron chi connectivity index (χ4n) is 2.60. The number of rotatable bonds is 4. The molecule has 0 saturated carbocycles. The molecule has 0 fully saturated rings. The maximum absolute atomic E-state index is 11.2. The second-order valence-electron chi connectivity index (χ2n) is 4.76. The molecule has 102 valence electrons. The largest absolute Gasteiger partial charge is 0.464 e. The maximum atomic E-state index is 11.2. The van der Waals surface area contributed by atoms with Crippen LogP contribution in [-0.4, -0.2) is 17.1 Å². The van der Waals surface area contributed by atoms with Gasteiger partial charge in [-0.2, -0.15) is 0 Å². The van der Waals surface area contributed by atoms with E-state index in [2.05, 4.69) is 41.0 Å². The zero-order valence-electron chi connectivity index (χ0n) is 11.5. The first-order valence-corrected chi connectivity index (χ1v) is 6.93. The summed E-state index contributed by atoms with van der Waals surface area (Å²) in [5.41, 5.74) is 2.36. The number of esters is 1. The monoisotopic (exact) mass is 267 g/mol. The van der Waals surface area contributed by atoms with Gasteiger partial charge in [-0.15, -0.1) is 0 Å². The molecule has 3 nitrogen and oxygen atoms in total. The Morgan fingerprint density at radius 1 is 1.00 bits per heavy atom. The van der Waals surface area contributed by atoms with Gasteiger partial charge in [0.15, 0.2) is 0 Å². The van der Waals surface area contributed by atoms with Crippen molar-refractivity contribution in [2.75, 3.05) is 6.61 Å². The second-order valence-corrected chi connectivity index (χ2v) is 4.76. The van der Waals surface area contributed by atoms with Crippen LogP contribution in [0.15, 0.2) is 48.5 Å². The minimum absolute atomic E-state index is 0.147. The Bertz CT molecular complexity index is 705. The summed E-state index contributed by atoms with van der Waals surface area (Å²) in [7, 11) is 0. The third kappa shape index (κ3) is 2.16. The fourth-order valence-corrected chi connectivity index (χ4v) is 2.60. The van der Waals surface area contributed by atoms with Gasteiger partial charge in [0.1, 0.15) is 6.61 Å². The van der Waals surface area contributed by atoms with E-state index in [1.807, 2.05) is 19.1 Å². The molecule has 1 aromatic heterocycles. The highest BCUT2D eigenvalue weighted by atomic mass is 16.5. The molecule has 0 atom stereocenters. The normalized spacial score (nSPS) is 11.1. The van der Waals surface area contributed by atoms with Crippen LogP contribution in [0.5, 0.6) is 0 Å². The van der Waals surface area contributed by atoms with E-state index in [-0.39, 0.29) is 5.97 Å². The molecule has 20 heavy (non-hydrogen) atoms. The van der Waals surface area contributed by atoms with Crippen molar-refractivity contribution >= 4 is 27.8 Å². The molecule has 0 unspecified atom stereocenters. The van der Waals surface area contributed by atoms with E-state index in [0.717, 1.165) is 0 Å². The van der Waals surface area contributed by atoms with Crippen molar-refractivity contribution in [1.29, 1.82) is 0 Å². The highest BCUT2D eigenvalue weighted by molar-refractivity contribution is 6.07. The summed E-state index contributed by atoms with van der Waals surface area (Å²) in [5.74, 6) is -0.147. The van der Waals surface area contributed by atoms with E-state index in [1.165, 1.54) is 21.8 Å². The number of benzene rings is 2. The lowest BCUT2D eigenvalue weighted by molar-refractivity contribution is -0.143. The van der Waals surface area contributed by atoms with Crippen molar-refractivity contribution in [3.63, 3.8) is 0 Å². The van der Waals surface area contributed by atoms with Crippen molar-refractivity contribution < 1.29 is 9.53 Å². The predicted octanol–water partition coefficient (Wildman–Crippen LogP) is 3.75. The highest BCUT2D eigenvalue weighted by Gasteiger charge is 2.09. The Kier molecular flexibility index (Phi) is 3.42. The molecule has 0 saturated heterocycles. The van der Waals surface area contributed by atoms with E-state index in [9.17, 15) is 4.79 Å². The van der Waals surface area contributed by atoms with Gasteiger partial charge >= 0.3 is 5.97 Å². The number of hydrogen-bond donors (Lipinski definition) is 0. The second kappa shape index (κ2) is 5.37. The molecule has 2 aromatic carbocycles. The summed E-state index contributed by atoms with van der Waals surface area (Å²) in [4.78, 5) is 11.2. The summed E-state index contributed by atoms with van der Waals surface area (Å²) >= 11 is 0. The van der Waals surface area contributed by atoms with E-state index in [4.69, 9.17) is 4.74 Å². The molecule has 3 rings (SSSR count). The Balaban J connectivity index is 2.01. The molecule has 0 aliphatic heterocycles. The zero-order chi connectivity index (χ0) is 13.9. The first-order chi connectivity index (χ1) is 9.81. The number of aromatic nitrogens is 1. The van der Waals surface area contributed by atoms with Gasteiger partial charge in [0, 0.05) is 28.2 Å². The number of ether oxygens (including phenoxy) is 1. The van der Waals surface area contributed by atoms with Crippen LogP contribution in [-0.2, 0) is 16.1 Å². The van der Waals surface area contributed by atoms with Crippen LogP contribution in [0.3, 0.4) is 0 Å². The van der Waals surface area contributed by atoms with Crippen LogP contribution in [0.1, 0.15) is 13.3 Å². The Morgan fingerprint density at radius 2 is 1.55 bits per heavy atom. The number of fused-ring (bicyclic) bond motifs is 3. The summed E-state index contributed by atoms with van der Waals surface area (Å²) in [5, 5.41) is 2.48. The van der Waals surface area contributed by atoms with Gasteiger partial charge in [0.25, 0.3) is 0 Å². The smallest absolute Gasteiger partial charge is 0.305 e. The summed E-state index contributed by atoms with van der Waals surface area (Å²) < 4.78 is 7.42. The van der Waals surface area contributed by atoms with Gasteiger partial charge in [-0.3, -0.25) is 4.79 Å². The lowest BCUT2D eigenvalue weighted by atomic mass is 10.2. The number of carbonyl (C=O) groups excluding carboxylic acids is 1. The van der Waals surface area contributed by atoms with Gasteiger partial charge in [-0.05, 0) is 12.1 Å². The minimum atomic E-state index is -0.147. The van der Waals surface area contributed by atoms with Gasteiger partial charge in [0.05, 0.1) is 6.54 Å². The summed E-state index contributed by atoms with van der Waals surface area (Å²) in [6, 6.07) is 16.7. The molecule has 0 radical (unpaired) electrons. The molecule has 0 spiro atoms. The van der Waals surface area contributed by atoms with E-state index >= 15 is 0 Å². The number of hydrogen-bond acceptors (Lipinski definition) is 2. The third-order valence-electron chi connectivity index (χ3n) is 3.55. The molecule has 0 amide bonds. The Labute approximate surface area is 117 Å². The first kappa shape index (κ1) is 12.7. The lowest BCUT2D eigenvalue weighted by Gasteiger charge is -2.08. The van der Waals surface area contributed by atoms with Crippen LogP contribution < -0.4 is 0 Å². The van der Waals surface area contributed by atoms with Crippen molar-refractivity contribution in [3.8, 4) is 0 Å². The average Bonchev–Trinajstić information content (AvgIpc) is 2.82. The first-order valence-electron chi connectivity index (χ1n) is 6.93. The molecule has 0 bridgehead atoms. The molecule has 0 aliphatic carbocycles. The minimum Gasteiger partial charge on any atom is -0.464 e. The van der Waals surface area contributed by atoms with Gasteiger partial charge in [-0.1, -0.05) is 43.3 Å². The van der Waals surface area contributed by atoms with Crippen LogP contribution in [0.4, 0.5) is 0 Å². The summed E-state index contributed by atoms with van der Waals surface area (Å²) in [6.45, 7) is 2.90. The Morgan fingerprint density at radius 3 is 2.10 bits per heavy atom. The topological polar surface area (TPSA) is 31.2 Å². The van der Waals surface area contributed by atoms with Crippen LogP contribution >= 0.6 is 0 Å². The van der Waals surface area contributed by atoms with Crippen molar-refractivity contribution in [3.05, 3.63) is 48.5 Å². The molecule has 1 heterocycles. The molecule has 0 N–H and O–H groups in total. The van der Waals surface area contributed by atoms with Gasteiger partial charge in [0.2, 0.25) is 0 Å². The van der Waals surface area contributed by atoms with Crippen LogP contribution in [0, 0.1) is 0 Å². The van der Waals surface area contributed by atoms with Crippen molar-refractivity contribution in [1.82, 2.24) is 4.57 Å². The summed E-state index contributed by atoms with van der Waals surface area (Å²) in [6.07, 6.45) is 0.424. The molecule has 0 aliphatic rings. The van der Waals surface area contributed by atoms with Crippen LogP contribution in [0.2, 0.25) is 0 Å². The quantitative estimate of drug-likeness (QED) is 0.674. The Hall–Kier alpha value is -2.29. The molecule has 3 heteroatoms. The zero-order valence-corrected chi connectivity index (χ0v) is 11.5. The highest BCUT2D eigenvalue weighted by Crippen LogP contribution is 2.28. The molecule has 3 aromatic rings. The predicted molar refractivity (Wildman–Crippen MR) is 80.7 cm³/mol. The third-order valence-corrected chi connectivity index (χ3v) is 3.55. The van der Waals surface area contributed by atoms with Gasteiger partial charge in [-0.25, -0.2) is 0 Å². The SMILES string of the molecule is CCC(=O)OCCn1c2ccccc2c2ccccc21. The number of nitrogens with zero attached hydrogens (tertiary/aromatic N) is 1. The van der Waals surface area contributed by atoms with Gasteiger partial charge < -0.3 is 9.30 Å². The number of carbonyl (C=O) groups is 1. The fraction of sp³-hybridized carbons (Fsp3) is 0.235. The lowest BCUT2D eigenvalue weighted by Crippen LogP contribution is -2.10. The molecular formula is C17H17NO2. The standard InChI is InChI=1S/C17H17NO2/c1-2-17(19)20-12-11-18-15-9-5-3-7-13(15)14-8-4-6-10-16(14)18/h3-10H,2,11-12H2,1H3. The van der Waals surface area contributed by atoms with E-state index in [1.54, 1.807) is 0 Å². The number of para-hydroxylation sites is 2. The van der Waals surface area contributed by atoms with Crippen molar-refractivity contribution in [2.45, 2.75) is 19.9 Å². The van der Waals surface area contributed by atoms with E-state index in [0.29, 0.717) is 19.6 Å². The van der Waals surface area contributed by atoms with E-state index < -0.39 is 0 Å².